The zero-order valence-corrected chi connectivity index (χ0v) is 37.1. The number of rotatable bonds is 35. The summed E-state index contributed by atoms with van der Waals surface area (Å²) >= 11 is 0. The van der Waals surface area contributed by atoms with Crippen molar-refractivity contribution in [2.75, 3.05) is 13.2 Å². The van der Waals surface area contributed by atoms with Crippen molar-refractivity contribution in [3.05, 3.63) is 72.9 Å². The van der Waals surface area contributed by atoms with Gasteiger partial charge >= 0.3 is 19.8 Å². The Morgan fingerprint density at radius 3 is 1.42 bits per heavy atom. The highest BCUT2D eigenvalue weighted by molar-refractivity contribution is 7.47. The summed E-state index contributed by atoms with van der Waals surface area (Å²) in [6.45, 7) is 3.09. The number of aliphatic hydroxyl groups excluding tert-OH is 5. The van der Waals surface area contributed by atoms with Gasteiger partial charge in [0.05, 0.1) is 6.61 Å². The van der Waals surface area contributed by atoms with E-state index in [1.165, 1.54) is 44.9 Å². The van der Waals surface area contributed by atoms with Gasteiger partial charge in [0.2, 0.25) is 0 Å². The highest BCUT2D eigenvalue weighted by Gasteiger charge is 2.51. The largest absolute Gasteiger partial charge is 0.472 e. The van der Waals surface area contributed by atoms with Gasteiger partial charge < -0.3 is 39.9 Å². The van der Waals surface area contributed by atoms with Gasteiger partial charge in [-0.25, -0.2) is 4.57 Å². The molecule has 8 atom stereocenters. The van der Waals surface area contributed by atoms with Crippen molar-refractivity contribution in [2.24, 2.45) is 0 Å². The van der Waals surface area contributed by atoms with Crippen LogP contribution in [0.4, 0.5) is 0 Å². The topological polar surface area (TPSA) is 210 Å². The normalized spacial score (nSPS) is 22.9. The monoisotopic (exact) mass is 869 g/mol. The minimum absolute atomic E-state index is 0.0398. The first kappa shape index (κ1) is 55.3. The van der Waals surface area contributed by atoms with Crippen LogP contribution >= 0.6 is 7.82 Å². The van der Waals surface area contributed by atoms with Gasteiger partial charge in [-0.3, -0.25) is 18.6 Å². The van der Waals surface area contributed by atoms with Crippen LogP contribution in [0.3, 0.4) is 0 Å². The Labute approximate surface area is 359 Å². The first-order valence-corrected chi connectivity index (χ1v) is 23.7. The van der Waals surface area contributed by atoms with Crippen LogP contribution in [0.15, 0.2) is 72.9 Å². The van der Waals surface area contributed by atoms with Gasteiger partial charge in [-0.15, -0.1) is 0 Å². The number of carbonyl (C=O) groups is 2. The van der Waals surface area contributed by atoms with Gasteiger partial charge in [-0.1, -0.05) is 157 Å². The zero-order chi connectivity index (χ0) is 44.3. The zero-order valence-electron chi connectivity index (χ0n) is 36.2. The maximum absolute atomic E-state index is 12.8. The molecule has 13 nitrogen and oxygen atoms in total. The van der Waals surface area contributed by atoms with Crippen molar-refractivity contribution in [3.63, 3.8) is 0 Å². The second-order valence-electron chi connectivity index (χ2n) is 15.2. The summed E-state index contributed by atoms with van der Waals surface area (Å²) in [5, 5.41) is 50.1. The van der Waals surface area contributed by atoms with Crippen molar-refractivity contribution < 1.29 is 63.1 Å². The fraction of sp³-hybridized carbons (Fsp3) is 0.696. The number of unbranched alkanes of at least 4 members (excludes halogenated alkanes) is 11. The van der Waals surface area contributed by atoms with E-state index in [2.05, 4.69) is 68.5 Å². The van der Waals surface area contributed by atoms with Crippen LogP contribution in [0, 0.1) is 0 Å². The smallest absolute Gasteiger partial charge is 0.462 e. The number of aliphatic hydroxyl groups is 5. The number of hydrogen-bond acceptors (Lipinski definition) is 12. The fourth-order valence-electron chi connectivity index (χ4n) is 6.25. The van der Waals surface area contributed by atoms with Gasteiger partial charge in [0.15, 0.2) is 6.10 Å². The molecule has 0 amide bonds. The molecule has 0 aromatic rings. The van der Waals surface area contributed by atoms with Crippen molar-refractivity contribution in [1.82, 2.24) is 0 Å². The Bertz CT molecular complexity index is 1330. The van der Waals surface area contributed by atoms with Crippen LogP contribution in [-0.2, 0) is 32.7 Å². The van der Waals surface area contributed by atoms with Gasteiger partial charge in [0, 0.05) is 12.8 Å². The Balaban J connectivity index is 2.52. The predicted octanol–water partition coefficient (Wildman–Crippen LogP) is 8.33. The molecule has 0 heterocycles. The lowest BCUT2D eigenvalue weighted by Crippen LogP contribution is -2.64. The van der Waals surface area contributed by atoms with Crippen LogP contribution in [0.2, 0.25) is 0 Å². The van der Waals surface area contributed by atoms with Crippen molar-refractivity contribution in [2.45, 2.75) is 191 Å². The average Bonchev–Trinajstić information content (AvgIpc) is 3.23. The number of hydrogen-bond donors (Lipinski definition) is 6. The van der Waals surface area contributed by atoms with E-state index in [9.17, 15) is 44.6 Å². The average molecular weight is 869 g/mol. The minimum Gasteiger partial charge on any atom is -0.462 e. The molecule has 0 saturated heterocycles. The standard InChI is InChI=1S/C46H77O13P/c1-3-5-7-9-11-13-15-17-18-19-20-21-22-23-25-26-28-30-32-34-39(47)56-36-38(58-40(48)35-33-31-29-27-24-16-14-12-10-8-6-4-2)37-57-60(54,55)59-46-44(52)42(50)41(49)43(51)45(46)53/h5,7,11,13,17-18,20-21,23,25,28,30,38,41-46,49-53H,3-4,6,8-10,12,14-16,19,22,24,26-27,29,31-37H2,1-2H3,(H,54,55)/b7-5+,13-11+,18-17+,21-20+,25-23+,30-28+/t38-,41?,42-,43?,44?,45?,46?/m0/s1. The molecule has 344 valence electrons. The molecule has 0 bridgehead atoms. The fourth-order valence-corrected chi connectivity index (χ4v) is 7.23. The molecule has 0 spiro atoms. The quantitative estimate of drug-likeness (QED) is 0.0153. The van der Waals surface area contributed by atoms with Gasteiger partial charge in [0.25, 0.3) is 0 Å². The first-order valence-electron chi connectivity index (χ1n) is 22.2. The van der Waals surface area contributed by atoms with E-state index in [0.29, 0.717) is 19.3 Å². The second kappa shape index (κ2) is 35.8. The molecule has 6 unspecified atom stereocenters. The summed E-state index contributed by atoms with van der Waals surface area (Å²) in [6.07, 6.45) is 31.2. The Hall–Kier alpha value is -2.71. The lowest BCUT2D eigenvalue weighted by molar-refractivity contribution is -0.220. The molecular formula is C46H77O13P. The minimum atomic E-state index is -5.13. The highest BCUT2D eigenvalue weighted by Crippen LogP contribution is 2.47. The summed E-state index contributed by atoms with van der Waals surface area (Å²) in [4.78, 5) is 35.6. The molecule has 1 aliphatic carbocycles. The van der Waals surface area contributed by atoms with Crippen LogP contribution in [0.5, 0.6) is 0 Å². The Kier molecular flexibility index (Phi) is 33.0. The summed E-state index contributed by atoms with van der Waals surface area (Å²) in [5.74, 6) is -1.20. The lowest BCUT2D eigenvalue weighted by Gasteiger charge is -2.41. The van der Waals surface area contributed by atoms with E-state index in [-0.39, 0.29) is 12.8 Å². The molecule has 0 radical (unpaired) electrons. The molecule has 1 aliphatic rings. The van der Waals surface area contributed by atoms with Gasteiger partial charge in [-0.2, -0.15) is 0 Å². The SMILES string of the molecule is CC/C=C/C/C=C/C/C=C/C/C=C/C/C=C/C/C=C/CCC(=O)OC[C@@H](COP(=O)(O)OC1C(O)C(O)C(O)[C@H](O)C1O)OC(=O)CCCCCCCCCCCCCC. The number of esters is 2. The van der Waals surface area contributed by atoms with E-state index >= 15 is 0 Å². The summed E-state index contributed by atoms with van der Waals surface area (Å²) in [7, 11) is -5.13. The lowest BCUT2D eigenvalue weighted by atomic mass is 9.85. The van der Waals surface area contributed by atoms with E-state index in [4.69, 9.17) is 18.5 Å². The van der Waals surface area contributed by atoms with Crippen molar-refractivity contribution in [1.29, 1.82) is 0 Å². The number of carbonyl (C=O) groups excluding carboxylic acids is 2. The summed E-state index contributed by atoms with van der Waals surface area (Å²) in [5.41, 5.74) is 0. The molecule has 0 aromatic carbocycles. The molecule has 0 aromatic heterocycles. The van der Waals surface area contributed by atoms with E-state index in [1.807, 2.05) is 18.2 Å². The molecule has 1 fully saturated rings. The number of phosphoric ester groups is 1. The third-order valence-electron chi connectivity index (χ3n) is 9.83. The first-order chi connectivity index (χ1) is 28.9. The number of phosphoric acid groups is 1. The number of allylic oxidation sites excluding steroid dienone is 12. The van der Waals surface area contributed by atoms with Crippen LogP contribution in [0.1, 0.15) is 149 Å². The van der Waals surface area contributed by atoms with Crippen molar-refractivity contribution in [3.8, 4) is 0 Å². The molecular weight excluding hydrogens is 791 g/mol. The second-order valence-corrected chi connectivity index (χ2v) is 16.6. The Morgan fingerprint density at radius 2 is 0.950 bits per heavy atom. The van der Waals surface area contributed by atoms with Crippen LogP contribution in [0.25, 0.3) is 0 Å². The van der Waals surface area contributed by atoms with Crippen molar-refractivity contribution >= 4 is 19.8 Å². The molecule has 1 rings (SSSR count). The maximum Gasteiger partial charge on any atom is 0.472 e. The molecule has 1 saturated carbocycles. The van der Waals surface area contributed by atoms with Gasteiger partial charge in [-0.05, 0) is 51.4 Å². The molecule has 0 aliphatic heterocycles. The highest BCUT2D eigenvalue weighted by atomic mass is 31.2. The molecule has 6 N–H and O–H groups in total. The third kappa shape index (κ3) is 28.0. The molecule has 14 heteroatoms. The Morgan fingerprint density at radius 1 is 0.533 bits per heavy atom. The molecule has 60 heavy (non-hydrogen) atoms. The third-order valence-corrected chi connectivity index (χ3v) is 10.8. The maximum atomic E-state index is 12.8. The van der Waals surface area contributed by atoms with E-state index in [0.717, 1.165) is 57.8 Å². The summed E-state index contributed by atoms with van der Waals surface area (Å²) < 4.78 is 33.4. The van der Waals surface area contributed by atoms with E-state index in [1.54, 1.807) is 0 Å². The predicted molar refractivity (Wildman–Crippen MR) is 235 cm³/mol. The van der Waals surface area contributed by atoms with Crippen LogP contribution < -0.4 is 0 Å². The van der Waals surface area contributed by atoms with E-state index < -0.39 is 75.7 Å². The van der Waals surface area contributed by atoms with Gasteiger partial charge in [0.1, 0.15) is 43.2 Å². The number of ether oxygens (including phenoxy) is 2. The summed E-state index contributed by atoms with van der Waals surface area (Å²) in [6, 6.07) is 0. The van der Waals surface area contributed by atoms with Crippen LogP contribution in [-0.4, -0.2) is 98.3 Å².